The van der Waals surface area contributed by atoms with E-state index in [9.17, 15) is 9.59 Å². The molecule has 2 aliphatic heterocycles. The van der Waals surface area contributed by atoms with Crippen molar-refractivity contribution in [3.05, 3.63) is 0 Å². The van der Waals surface area contributed by atoms with Crippen molar-refractivity contribution in [3.63, 3.8) is 0 Å². The van der Waals surface area contributed by atoms with Gasteiger partial charge in [0.2, 0.25) is 0 Å². The molecule has 2 aliphatic rings. The van der Waals surface area contributed by atoms with Gasteiger partial charge < -0.3 is 14.9 Å². The number of carbonyl (C=O) groups excluding carboxylic acids is 1. The number of urea groups is 1. The maximum absolute atomic E-state index is 12.3. The second-order valence-electron chi connectivity index (χ2n) is 4.87. The van der Waals surface area contributed by atoms with E-state index in [1.165, 1.54) is 4.90 Å². The zero-order chi connectivity index (χ0) is 12.4. The molecule has 0 radical (unpaired) electrons. The molecule has 0 bridgehead atoms. The number of carbonyl (C=O) groups is 2. The van der Waals surface area contributed by atoms with E-state index < -0.39 is 12.0 Å². The Hall–Kier alpha value is -1.26. The standard InChI is InChI=1S/C12H20N2O3/c1-2-9-5-3-7-13(9)12(17)14-8-4-6-10(14)11(15)16/h9-10H,2-8H2,1H3,(H,15,16)/t9?,10-/m1/s1. The van der Waals surface area contributed by atoms with Crippen LogP contribution in [0.1, 0.15) is 39.0 Å². The Morgan fingerprint density at radius 1 is 1.18 bits per heavy atom. The largest absolute Gasteiger partial charge is 0.480 e. The van der Waals surface area contributed by atoms with Crippen LogP contribution in [0, 0.1) is 0 Å². The number of nitrogens with zero attached hydrogens (tertiary/aromatic N) is 2. The number of hydrogen-bond donors (Lipinski definition) is 1. The first-order valence-electron chi connectivity index (χ1n) is 6.45. The number of rotatable bonds is 2. The minimum Gasteiger partial charge on any atom is -0.480 e. The predicted molar refractivity (Wildman–Crippen MR) is 62.8 cm³/mol. The van der Waals surface area contributed by atoms with Gasteiger partial charge >= 0.3 is 12.0 Å². The van der Waals surface area contributed by atoms with Gasteiger partial charge in [0.1, 0.15) is 6.04 Å². The average Bonchev–Trinajstić information content (AvgIpc) is 2.96. The smallest absolute Gasteiger partial charge is 0.326 e. The number of amides is 2. The molecule has 0 spiro atoms. The Morgan fingerprint density at radius 2 is 1.82 bits per heavy atom. The highest BCUT2D eigenvalue weighted by Crippen LogP contribution is 2.25. The highest BCUT2D eigenvalue weighted by atomic mass is 16.4. The van der Waals surface area contributed by atoms with E-state index in [2.05, 4.69) is 6.92 Å². The van der Waals surface area contributed by atoms with Crippen molar-refractivity contribution in [2.24, 2.45) is 0 Å². The molecule has 0 aliphatic carbocycles. The van der Waals surface area contributed by atoms with E-state index in [1.54, 1.807) is 0 Å². The zero-order valence-electron chi connectivity index (χ0n) is 10.3. The molecule has 5 heteroatoms. The normalized spacial score (nSPS) is 28.8. The lowest BCUT2D eigenvalue weighted by Gasteiger charge is -2.31. The molecular weight excluding hydrogens is 220 g/mol. The van der Waals surface area contributed by atoms with Crippen molar-refractivity contribution in [2.45, 2.75) is 51.1 Å². The average molecular weight is 240 g/mol. The molecule has 1 unspecified atom stereocenters. The van der Waals surface area contributed by atoms with Gasteiger partial charge in [-0.3, -0.25) is 0 Å². The highest BCUT2D eigenvalue weighted by Gasteiger charge is 2.38. The van der Waals surface area contributed by atoms with Gasteiger partial charge in [0.15, 0.2) is 0 Å². The second kappa shape index (κ2) is 4.94. The Labute approximate surface area is 101 Å². The molecular formula is C12H20N2O3. The van der Waals surface area contributed by atoms with Crippen LogP contribution in [-0.2, 0) is 4.79 Å². The molecule has 2 atom stereocenters. The summed E-state index contributed by atoms with van der Waals surface area (Å²) in [5.41, 5.74) is 0. The van der Waals surface area contributed by atoms with Gasteiger partial charge in [-0.2, -0.15) is 0 Å². The summed E-state index contributed by atoms with van der Waals surface area (Å²) in [5.74, 6) is -0.872. The van der Waals surface area contributed by atoms with Crippen molar-refractivity contribution in [1.82, 2.24) is 9.80 Å². The first-order chi connectivity index (χ1) is 8.15. The van der Waals surface area contributed by atoms with E-state index in [0.717, 1.165) is 32.2 Å². The first-order valence-corrected chi connectivity index (χ1v) is 6.45. The lowest BCUT2D eigenvalue weighted by molar-refractivity contribution is -0.141. The summed E-state index contributed by atoms with van der Waals surface area (Å²) in [7, 11) is 0. The summed E-state index contributed by atoms with van der Waals surface area (Å²) in [6.45, 7) is 3.44. The summed E-state index contributed by atoms with van der Waals surface area (Å²) in [6, 6.07) is -0.377. The molecule has 17 heavy (non-hydrogen) atoms. The molecule has 0 saturated carbocycles. The molecule has 2 amide bonds. The minimum absolute atomic E-state index is 0.0701. The molecule has 0 aromatic rings. The van der Waals surface area contributed by atoms with E-state index in [1.807, 2.05) is 4.90 Å². The number of likely N-dealkylation sites (tertiary alicyclic amines) is 2. The Morgan fingerprint density at radius 3 is 2.47 bits per heavy atom. The molecule has 1 N–H and O–H groups in total. The van der Waals surface area contributed by atoms with Gasteiger partial charge in [-0.1, -0.05) is 6.92 Å². The van der Waals surface area contributed by atoms with Crippen LogP contribution in [0.5, 0.6) is 0 Å². The number of carboxylic acids is 1. The molecule has 5 nitrogen and oxygen atoms in total. The van der Waals surface area contributed by atoms with Gasteiger partial charge in [-0.25, -0.2) is 9.59 Å². The van der Waals surface area contributed by atoms with Gasteiger partial charge in [0.25, 0.3) is 0 Å². The summed E-state index contributed by atoms with van der Waals surface area (Å²) in [4.78, 5) is 26.8. The monoisotopic (exact) mass is 240 g/mol. The molecule has 96 valence electrons. The number of aliphatic carboxylic acids is 1. The summed E-state index contributed by atoms with van der Waals surface area (Å²) in [6.07, 6.45) is 4.43. The van der Waals surface area contributed by atoms with Crippen molar-refractivity contribution < 1.29 is 14.7 Å². The lowest BCUT2D eigenvalue weighted by atomic mass is 10.2. The number of hydrogen-bond acceptors (Lipinski definition) is 2. The summed E-state index contributed by atoms with van der Waals surface area (Å²) >= 11 is 0. The van der Waals surface area contributed by atoms with Crippen molar-refractivity contribution >= 4 is 12.0 Å². The minimum atomic E-state index is -0.872. The van der Waals surface area contributed by atoms with Crippen LogP contribution in [0.2, 0.25) is 0 Å². The van der Waals surface area contributed by atoms with Crippen LogP contribution >= 0.6 is 0 Å². The third kappa shape index (κ3) is 2.23. The maximum Gasteiger partial charge on any atom is 0.326 e. The van der Waals surface area contributed by atoms with Gasteiger partial charge in [-0.15, -0.1) is 0 Å². The molecule has 0 aromatic heterocycles. The van der Waals surface area contributed by atoms with Crippen LogP contribution in [0.3, 0.4) is 0 Å². The summed E-state index contributed by atoms with van der Waals surface area (Å²) in [5, 5.41) is 9.09. The topological polar surface area (TPSA) is 60.9 Å². The Balaban J connectivity index is 2.06. The van der Waals surface area contributed by atoms with Gasteiger partial charge in [0.05, 0.1) is 0 Å². The van der Waals surface area contributed by atoms with E-state index in [4.69, 9.17) is 5.11 Å². The van der Waals surface area contributed by atoms with E-state index >= 15 is 0 Å². The molecule has 0 aromatic carbocycles. The Bertz CT molecular complexity index is 319. The lowest BCUT2D eigenvalue weighted by Crippen LogP contribution is -2.49. The van der Waals surface area contributed by atoms with Crippen molar-refractivity contribution in [3.8, 4) is 0 Å². The number of carboxylic acid groups (broad SMARTS) is 1. The van der Waals surface area contributed by atoms with Crippen molar-refractivity contribution in [2.75, 3.05) is 13.1 Å². The maximum atomic E-state index is 12.3. The van der Waals surface area contributed by atoms with Crippen LogP contribution in [0.25, 0.3) is 0 Å². The fourth-order valence-corrected chi connectivity index (χ4v) is 2.93. The Kier molecular flexibility index (Phi) is 3.54. The van der Waals surface area contributed by atoms with Crippen LogP contribution in [-0.4, -0.2) is 52.1 Å². The molecule has 2 saturated heterocycles. The highest BCUT2D eigenvalue weighted by molar-refractivity contribution is 5.83. The predicted octanol–water partition coefficient (Wildman–Crippen LogP) is 1.53. The van der Waals surface area contributed by atoms with Gasteiger partial charge in [-0.05, 0) is 32.1 Å². The quantitative estimate of drug-likeness (QED) is 0.796. The molecule has 2 heterocycles. The van der Waals surface area contributed by atoms with E-state index in [0.29, 0.717) is 19.0 Å². The third-order valence-electron chi connectivity index (χ3n) is 3.88. The molecule has 2 fully saturated rings. The van der Waals surface area contributed by atoms with Crippen LogP contribution in [0.15, 0.2) is 0 Å². The van der Waals surface area contributed by atoms with Crippen molar-refractivity contribution in [1.29, 1.82) is 0 Å². The van der Waals surface area contributed by atoms with Crippen LogP contribution in [0.4, 0.5) is 4.79 Å². The third-order valence-corrected chi connectivity index (χ3v) is 3.88. The fraction of sp³-hybridized carbons (Fsp3) is 0.833. The first kappa shape index (κ1) is 12.2. The zero-order valence-corrected chi connectivity index (χ0v) is 10.3. The fourth-order valence-electron chi connectivity index (χ4n) is 2.93. The van der Waals surface area contributed by atoms with Gasteiger partial charge in [0, 0.05) is 19.1 Å². The second-order valence-corrected chi connectivity index (χ2v) is 4.87. The van der Waals surface area contributed by atoms with Crippen LogP contribution < -0.4 is 0 Å². The SMILES string of the molecule is CCC1CCCN1C(=O)N1CCC[C@@H]1C(=O)O. The summed E-state index contributed by atoms with van der Waals surface area (Å²) < 4.78 is 0. The van der Waals surface area contributed by atoms with E-state index in [-0.39, 0.29) is 6.03 Å². The molecule has 2 rings (SSSR count).